The Morgan fingerprint density at radius 3 is 2.64 bits per heavy atom. The molecule has 0 unspecified atom stereocenters. The second-order valence-electron chi connectivity index (χ2n) is 5.36. The predicted molar refractivity (Wildman–Crippen MR) is 86.0 cm³/mol. The molecule has 118 valence electrons. The molecule has 1 heterocycles. The Morgan fingerprint density at radius 1 is 1.36 bits per heavy atom. The van der Waals surface area contributed by atoms with Crippen LogP contribution in [-0.2, 0) is 0 Å². The number of methoxy groups -OCH3 is 1. The highest BCUT2D eigenvalue weighted by atomic mass is 35.5. The van der Waals surface area contributed by atoms with Gasteiger partial charge < -0.3 is 14.5 Å². The summed E-state index contributed by atoms with van der Waals surface area (Å²) < 4.78 is 10.7. The lowest BCUT2D eigenvalue weighted by atomic mass is 10.1. The smallest absolute Gasteiger partial charge is 0.293 e. The SMILES string of the molecule is COc1cc(Cl)c(C)cc1NC(=O)c1oc(C)nc1C(C)C. The van der Waals surface area contributed by atoms with Gasteiger partial charge in [-0.15, -0.1) is 0 Å². The van der Waals surface area contributed by atoms with Crippen LogP contribution in [0.4, 0.5) is 5.69 Å². The van der Waals surface area contributed by atoms with Crippen molar-refractivity contribution in [2.24, 2.45) is 0 Å². The van der Waals surface area contributed by atoms with Crippen molar-refractivity contribution in [3.63, 3.8) is 0 Å². The van der Waals surface area contributed by atoms with Gasteiger partial charge in [-0.25, -0.2) is 4.98 Å². The number of benzene rings is 1. The van der Waals surface area contributed by atoms with Gasteiger partial charge in [-0.1, -0.05) is 25.4 Å². The summed E-state index contributed by atoms with van der Waals surface area (Å²) in [7, 11) is 1.52. The Bertz CT molecular complexity index is 708. The molecule has 22 heavy (non-hydrogen) atoms. The lowest BCUT2D eigenvalue weighted by molar-refractivity contribution is 0.0993. The van der Waals surface area contributed by atoms with Gasteiger partial charge in [0.2, 0.25) is 5.76 Å². The maximum absolute atomic E-state index is 12.5. The summed E-state index contributed by atoms with van der Waals surface area (Å²) in [5, 5.41) is 3.38. The third-order valence-corrected chi connectivity index (χ3v) is 3.65. The number of ether oxygens (including phenoxy) is 1. The van der Waals surface area contributed by atoms with E-state index in [2.05, 4.69) is 10.3 Å². The molecule has 0 aliphatic heterocycles. The van der Waals surface area contributed by atoms with E-state index >= 15 is 0 Å². The summed E-state index contributed by atoms with van der Waals surface area (Å²) in [4.78, 5) is 16.8. The summed E-state index contributed by atoms with van der Waals surface area (Å²) in [5.74, 6) is 0.915. The fraction of sp³-hybridized carbons (Fsp3) is 0.375. The van der Waals surface area contributed by atoms with Gasteiger partial charge in [-0.05, 0) is 24.5 Å². The number of nitrogens with one attached hydrogen (secondary N) is 1. The van der Waals surface area contributed by atoms with Crippen molar-refractivity contribution in [1.82, 2.24) is 4.98 Å². The van der Waals surface area contributed by atoms with E-state index < -0.39 is 0 Å². The van der Waals surface area contributed by atoms with Crippen LogP contribution < -0.4 is 10.1 Å². The summed E-state index contributed by atoms with van der Waals surface area (Å²) in [5.41, 5.74) is 2.02. The molecule has 0 atom stereocenters. The first-order valence-corrected chi connectivity index (χ1v) is 7.34. The lowest BCUT2D eigenvalue weighted by Gasteiger charge is -2.12. The van der Waals surface area contributed by atoms with Gasteiger partial charge in [0.25, 0.3) is 5.91 Å². The molecule has 5 nitrogen and oxygen atoms in total. The first-order chi connectivity index (χ1) is 10.3. The molecule has 0 aliphatic rings. The van der Waals surface area contributed by atoms with E-state index in [-0.39, 0.29) is 17.6 Å². The van der Waals surface area contributed by atoms with E-state index in [1.807, 2.05) is 20.8 Å². The van der Waals surface area contributed by atoms with Crippen molar-refractivity contribution in [1.29, 1.82) is 0 Å². The molecule has 0 aliphatic carbocycles. The van der Waals surface area contributed by atoms with Gasteiger partial charge in [0.1, 0.15) is 5.75 Å². The number of hydrogen-bond donors (Lipinski definition) is 1. The molecule has 0 saturated carbocycles. The van der Waals surface area contributed by atoms with E-state index in [4.69, 9.17) is 20.8 Å². The molecule has 0 saturated heterocycles. The monoisotopic (exact) mass is 322 g/mol. The van der Waals surface area contributed by atoms with E-state index in [1.165, 1.54) is 7.11 Å². The van der Waals surface area contributed by atoms with Crippen molar-refractivity contribution in [2.45, 2.75) is 33.6 Å². The minimum Gasteiger partial charge on any atom is -0.495 e. The van der Waals surface area contributed by atoms with E-state index in [1.54, 1.807) is 19.1 Å². The van der Waals surface area contributed by atoms with Gasteiger partial charge >= 0.3 is 0 Å². The van der Waals surface area contributed by atoms with Crippen LogP contribution in [0.15, 0.2) is 16.5 Å². The number of halogens is 1. The maximum atomic E-state index is 12.5. The van der Waals surface area contributed by atoms with Crippen LogP contribution in [0.2, 0.25) is 5.02 Å². The Kier molecular flexibility index (Phi) is 4.76. The number of nitrogens with zero attached hydrogens (tertiary/aromatic N) is 1. The van der Waals surface area contributed by atoms with Crippen LogP contribution in [0.3, 0.4) is 0 Å². The van der Waals surface area contributed by atoms with Crippen molar-refractivity contribution < 1.29 is 13.9 Å². The van der Waals surface area contributed by atoms with Gasteiger partial charge in [0, 0.05) is 18.0 Å². The highest BCUT2D eigenvalue weighted by Gasteiger charge is 2.22. The second kappa shape index (κ2) is 6.40. The number of aryl methyl sites for hydroxylation is 2. The Labute approximate surface area is 134 Å². The first kappa shape index (κ1) is 16.4. The fourth-order valence-electron chi connectivity index (χ4n) is 2.11. The minimum absolute atomic E-state index is 0.0899. The number of rotatable bonds is 4. The third kappa shape index (κ3) is 3.25. The molecular weight excluding hydrogens is 304 g/mol. The van der Waals surface area contributed by atoms with Gasteiger partial charge in [0.15, 0.2) is 5.89 Å². The van der Waals surface area contributed by atoms with Crippen LogP contribution in [0.1, 0.15) is 47.5 Å². The zero-order valence-electron chi connectivity index (χ0n) is 13.3. The van der Waals surface area contributed by atoms with E-state index in [9.17, 15) is 4.79 Å². The van der Waals surface area contributed by atoms with Gasteiger partial charge in [0.05, 0.1) is 18.5 Å². The summed E-state index contributed by atoms with van der Waals surface area (Å²) in [6, 6.07) is 3.43. The number of aromatic nitrogens is 1. The molecule has 1 aromatic heterocycles. The zero-order chi connectivity index (χ0) is 16.4. The van der Waals surface area contributed by atoms with Gasteiger partial charge in [-0.2, -0.15) is 0 Å². The average molecular weight is 323 g/mol. The molecule has 1 N–H and O–H groups in total. The van der Waals surface area contributed by atoms with Crippen molar-refractivity contribution >= 4 is 23.2 Å². The van der Waals surface area contributed by atoms with Gasteiger partial charge in [-0.3, -0.25) is 4.79 Å². The molecule has 6 heteroatoms. The molecule has 1 amide bonds. The van der Waals surface area contributed by atoms with E-state index in [0.717, 1.165) is 5.56 Å². The standard InChI is InChI=1S/C16H19ClN2O3/c1-8(2)14-15(22-10(4)18-14)16(20)19-12-6-9(3)11(17)7-13(12)21-5/h6-8H,1-5H3,(H,19,20). The fourth-order valence-corrected chi connectivity index (χ4v) is 2.26. The zero-order valence-corrected chi connectivity index (χ0v) is 14.0. The molecular formula is C16H19ClN2O3. The number of anilines is 1. The molecule has 2 rings (SSSR count). The number of oxazole rings is 1. The van der Waals surface area contributed by atoms with Crippen LogP contribution >= 0.6 is 11.6 Å². The van der Waals surface area contributed by atoms with Crippen molar-refractivity contribution in [2.75, 3.05) is 12.4 Å². The summed E-state index contributed by atoms with van der Waals surface area (Å²) in [6.45, 7) is 7.49. The largest absolute Gasteiger partial charge is 0.495 e. The summed E-state index contributed by atoms with van der Waals surface area (Å²) >= 11 is 6.07. The number of carbonyl (C=O) groups excluding carboxylic acids is 1. The molecule has 0 fully saturated rings. The van der Waals surface area contributed by atoms with Crippen LogP contribution in [-0.4, -0.2) is 18.0 Å². The molecule has 0 radical (unpaired) electrons. The molecule has 0 bridgehead atoms. The third-order valence-electron chi connectivity index (χ3n) is 3.24. The summed E-state index contributed by atoms with van der Waals surface area (Å²) in [6.07, 6.45) is 0. The van der Waals surface area contributed by atoms with Crippen LogP contribution in [0.5, 0.6) is 5.75 Å². The Hall–Kier alpha value is -2.01. The Balaban J connectivity index is 2.35. The van der Waals surface area contributed by atoms with Crippen molar-refractivity contribution in [3.8, 4) is 5.75 Å². The molecule has 2 aromatic rings. The van der Waals surface area contributed by atoms with E-state index in [0.29, 0.717) is 28.0 Å². The quantitative estimate of drug-likeness (QED) is 0.910. The number of amides is 1. The minimum atomic E-state index is -0.357. The molecule has 0 spiro atoms. The normalized spacial score (nSPS) is 10.9. The average Bonchev–Trinajstić information content (AvgIpc) is 2.85. The van der Waals surface area contributed by atoms with Crippen molar-refractivity contribution in [3.05, 3.63) is 40.1 Å². The maximum Gasteiger partial charge on any atom is 0.293 e. The number of carbonyl (C=O) groups is 1. The van der Waals surface area contributed by atoms with Crippen LogP contribution in [0.25, 0.3) is 0 Å². The highest BCUT2D eigenvalue weighted by Crippen LogP contribution is 2.31. The second-order valence-corrected chi connectivity index (χ2v) is 5.76. The lowest BCUT2D eigenvalue weighted by Crippen LogP contribution is -2.14. The predicted octanol–water partition coefficient (Wildman–Crippen LogP) is 4.33. The Morgan fingerprint density at radius 2 is 2.05 bits per heavy atom. The highest BCUT2D eigenvalue weighted by molar-refractivity contribution is 6.31. The van der Waals surface area contributed by atoms with Crippen LogP contribution in [0, 0.1) is 13.8 Å². The number of hydrogen-bond acceptors (Lipinski definition) is 4. The first-order valence-electron chi connectivity index (χ1n) is 6.96. The topological polar surface area (TPSA) is 64.4 Å². The molecule has 1 aromatic carbocycles.